The Morgan fingerprint density at radius 2 is 2.29 bits per heavy atom. The molecule has 0 aliphatic carbocycles. The zero-order valence-electron chi connectivity index (χ0n) is 10.6. The van der Waals surface area contributed by atoms with Crippen LogP contribution in [0.1, 0.15) is 45.0 Å². The van der Waals surface area contributed by atoms with E-state index in [1.165, 1.54) is 0 Å². The molecule has 0 saturated carbocycles. The van der Waals surface area contributed by atoms with Gasteiger partial charge in [0.15, 0.2) is 0 Å². The molecule has 2 atom stereocenters. The van der Waals surface area contributed by atoms with Crippen LogP contribution in [0.15, 0.2) is 12.3 Å². The van der Waals surface area contributed by atoms with Crippen molar-refractivity contribution in [3.8, 4) is 0 Å². The molecule has 5 heteroatoms. The lowest BCUT2D eigenvalue weighted by atomic mass is 10.1. The molecule has 2 rings (SSSR count). The van der Waals surface area contributed by atoms with Crippen molar-refractivity contribution in [3.63, 3.8) is 0 Å². The van der Waals surface area contributed by atoms with Gasteiger partial charge < -0.3 is 10.6 Å². The Kier molecular flexibility index (Phi) is 3.19. The van der Waals surface area contributed by atoms with E-state index < -0.39 is 0 Å². The van der Waals surface area contributed by atoms with Gasteiger partial charge in [-0.2, -0.15) is 5.10 Å². The van der Waals surface area contributed by atoms with Crippen molar-refractivity contribution in [3.05, 3.63) is 18.0 Å². The lowest BCUT2D eigenvalue weighted by Gasteiger charge is -2.27. The molecular weight excluding hydrogens is 216 g/mol. The first kappa shape index (κ1) is 12.1. The number of nitrogens with two attached hydrogens (primary N) is 1. The maximum atomic E-state index is 11.8. The average molecular weight is 236 g/mol. The minimum Gasteiger partial charge on any atom is -0.333 e. The minimum atomic E-state index is -0.128. The summed E-state index contributed by atoms with van der Waals surface area (Å²) in [5.41, 5.74) is 7.13. The molecule has 1 aromatic rings. The fraction of sp³-hybridized carbons (Fsp3) is 0.667. The van der Waals surface area contributed by atoms with Crippen LogP contribution in [0.5, 0.6) is 0 Å². The second kappa shape index (κ2) is 4.49. The van der Waals surface area contributed by atoms with E-state index in [1.54, 1.807) is 6.20 Å². The average Bonchev–Trinajstić information content (AvgIpc) is 2.81. The van der Waals surface area contributed by atoms with Crippen molar-refractivity contribution in [1.29, 1.82) is 0 Å². The molecule has 0 radical (unpaired) electrons. The quantitative estimate of drug-likeness (QED) is 0.854. The maximum absolute atomic E-state index is 11.8. The van der Waals surface area contributed by atoms with Gasteiger partial charge in [0.25, 0.3) is 0 Å². The van der Waals surface area contributed by atoms with Crippen LogP contribution in [-0.2, 0) is 4.79 Å². The highest BCUT2D eigenvalue weighted by Crippen LogP contribution is 2.32. The van der Waals surface area contributed by atoms with Gasteiger partial charge in [-0.15, -0.1) is 0 Å². The third kappa shape index (κ3) is 1.95. The van der Waals surface area contributed by atoms with Crippen LogP contribution in [-0.4, -0.2) is 33.2 Å². The van der Waals surface area contributed by atoms with Crippen LogP contribution in [0.3, 0.4) is 0 Å². The number of amides is 1. The number of hydrogen-bond donors (Lipinski definition) is 1. The first-order valence-electron chi connectivity index (χ1n) is 6.14. The Balaban J connectivity index is 2.37. The molecule has 0 bridgehead atoms. The highest BCUT2D eigenvalue weighted by Gasteiger charge is 2.39. The van der Waals surface area contributed by atoms with E-state index in [1.807, 2.05) is 22.6 Å². The van der Waals surface area contributed by atoms with Gasteiger partial charge in [0.05, 0.1) is 11.7 Å². The summed E-state index contributed by atoms with van der Waals surface area (Å²) in [6, 6.07) is 2.09. The van der Waals surface area contributed by atoms with E-state index in [-0.39, 0.29) is 24.0 Å². The minimum absolute atomic E-state index is 0.0302. The van der Waals surface area contributed by atoms with Crippen molar-refractivity contribution in [2.75, 3.05) is 6.54 Å². The number of rotatable bonds is 3. The first-order chi connectivity index (χ1) is 8.06. The van der Waals surface area contributed by atoms with Crippen LogP contribution in [0.4, 0.5) is 0 Å². The highest BCUT2D eigenvalue weighted by atomic mass is 16.2. The summed E-state index contributed by atoms with van der Waals surface area (Å²) in [6.45, 7) is 6.84. The van der Waals surface area contributed by atoms with E-state index in [2.05, 4.69) is 18.9 Å². The molecule has 1 amide bonds. The Bertz CT molecular complexity index is 412. The fourth-order valence-electron chi connectivity index (χ4n) is 2.56. The Morgan fingerprint density at radius 1 is 1.59 bits per heavy atom. The molecule has 17 heavy (non-hydrogen) atoms. The van der Waals surface area contributed by atoms with Gasteiger partial charge in [0, 0.05) is 31.2 Å². The van der Waals surface area contributed by atoms with E-state index in [9.17, 15) is 4.79 Å². The summed E-state index contributed by atoms with van der Waals surface area (Å²) >= 11 is 0. The maximum Gasteiger partial charge on any atom is 0.224 e. The summed E-state index contributed by atoms with van der Waals surface area (Å²) in [5.74, 6) is 0.140. The molecule has 94 valence electrons. The number of aromatic nitrogens is 2. The molecule has 0 aromatic carbocycles. The second-order valence-corrected chi connectivity index (χ2v) is 4.79. The summed E-state index contributed by atoms with van der Waals surface area (Å²) in [4.78, 5) is 13.7. The van der Waals surface area contributed by atoms with Crippen molar-refractivity contribution < 1.29 is 4.79 Å². The van der Waals surface area contributed by atoms with Crippen LogP contribution < -0.4 is 5.73 Å². The largest absolute Gasteiger partial charge is 0.333 e. The van der Waals surface area contributed by atoms with Gasteiger partial charge in [0.1, 0.15) is 0 Å². The monoisotopic (exact) mass is 236 g/mol. The van der Waals surface area contributed by atoms with E-state index in [4.69, 9.17) is 5.73 Å². The molecule has 1 aromatic heterocycles. The number of likely N-dealkylation sites (tertiary alicyclic amines) is 1. The molecule has 1 saturated heterocycles. The van der Waals surface area contributed by atoms with Crippen LogP contribution >= 0.6 is 0 Å². The van der Waals surface area contributed by atoms with Crippen molar-refractivity contribution >= 4 is 5.91 Å². The number of carbonyl (C=O) groups excluding carboxylic acids is 1. The molecular formula is C12H20N4O. The smallest absolute Gasteiger partial charge is 0.224 e. The molecule has 0 unspecified atom stereocenters. The lowest BCUT2D eigenvalue weighted by molar-refractivity contribution is -0.128. The molecule has 1 aliphatic rings. The number of nitrogens with zero attached hydrogens (tertiary/aromatic N) is 3. The van der Waals surface area contributed by atoms with Crippen LogP contribution in [0, 0.1) is 0 Å². The molecule has 0 spiro atoms. The molecule has 1 aliphatic heterocycles. The van der Waals surface area contributed by atoms with Crippen molar-refractivity contribution in [1.82, 2.24) is 14.7 Å². The van der Waals surface area contributed by atoms with E-state index in [0.29, 0.717) is 13.0 Å². The zero-order chi connectivity index (χ0) is 12.6. The second-order valence-electron chi connectivity index (χ2n) is 4.79. The fourth-order valence-corrected chi connectivity index (χ4v) is 2.56. The Morgan fingerprint density at radius 3 is 2.88 bits per heavy atom. The standard InChI is InChI=1S/C12H20N4O/c1-4-15-11(17)7-9(13)12(15)10-5-6-14-16(10)8(2)3/h5-6,8-9,12H,4,7,13H2,1-3H3/t9-,12-/m0/s1. The molecule has 1 fully saturated rings. The third-order valence-corrected chi connectivity index (χ3v) is 3.31. The van der Waals surface area contributed by atoms with E-state index in [0.717, 1.165) is 5.69 Å². The summed E-state index contributed by atoms with van der Waals surface area (Å²) in [7, 11) is 0. The number of hydrogen-bond acceptors (Lipinski definition) is 3. The van der Waals surface area contributed by atoms with E-state index >= 15 is 0 Å². The third-order valence-electron chi connectivity index (χ3n) is 3.31. The molecule has 2 N–H and O–H groups in total. The lowest BCUT2D eigenvalue weighted by Crippen LogP contribution is -2.34. The Labute approximate surface area is 102 Å². The predicted molar refractivity (Wildman–Crippen MR) is 65.3 cm³/mol. The van der Waals surface area contributed by atoms with Crippen LogP contribution in [0.25, 0.3) is 0 Å². The SMILES string of the molecule is CCN1C(=O)C[C@H](N)[C@H]1c1ccnn1C(C)C. The predicted octanol–water partition coefficient (Wildman–Crippen LogP) is 1.08. The van der Waals surface area contributed by atoms with Crippen molar-refractivity contribution in [2.24, 2.45) is 5.73 Å². The van der Waals surface area contributed by atoms with Gasteiger partial charge in [-0.25, -0.2) is 0 Å². The summed E-state index contributed by atoms with van der Waals surface area (Å²) in [6.07, 6.45) is 2.21. The summed E-state index contributed by atoms with van der Waals surface area (Å²) in [5, 5.41) is 4.31. The number of likely N-dealkylation sites (N-methyl/N-ethyl adjacent to an activating group) is 1. The highest BCUT2D eigenvalue weighted by molar-refractivity contribution is 5.80. The van der Waals surface area contributed by atoms with Gasteiger partial charge in [-0.1, -0.05) is 0 Å². The molecule has 2 heterocycles. The van der Waals surface area contributed by atoms with Gasteiger partial charge in [0.2, 0.25) is 5.91 Å². The zero-order valence-corrected chi connectivity index (χ0v) is 10.6. The van der Waals surface area contributed by atoms with Crippen molar-refractivity contribution in [2.45, 2.75) is 45.3 Å². The normalized spacial score (nSPS) is 25.0. The molecule has 5 nitrogen and oxygen atoms in total. The topological polar surface area (TPSA) is 64.2 Å². The van der Waals surface area contributed by atoms with Crippen LogP contribution in [0.2, 0.25) is 0 Å². The number of carbonyl (C=O) groups is 1. The van der Waals surface area contributed by atoms with Gasteiger partial charge in [-0.05, 0) is 26.8 Å². The van der Waals surface area contributed by atoms with Gasteiger partial charge in [-0.3, -0.25) is 9.48 Å². The Hall–Kier alpha value is -1.36. The van der Waals surface area contributed by atoms with Gasteiger partial charge >= 0.3 is 0 Å². The first-order valence-corrected chi connectivity index (χ1v) is 6.14. The summed E-state index contributed by atoms with van der Waals surface area (Å²) < 4.78 is 1.95.